The van der Waals surface area contributed by atoms with Gasteiger partial charge in [-0.15, -0.1) is 12.4 Å². The fourth-order valence-corrected chi connectivity index (χ4v) is 4.39. The predicted octanol–water partition coefficient (Wildman–Crippen LogP) is 2.03. The fraction of sp³-hybridized carbons (Fsp3) is 0.562. The molecule has 1 saturated heterocycles. The van der Waals surface area contributed by atoms with Crippen LogP contribution in [0.25, 0.3) is 0 Å². The molecule has 1 amide bonds. The van der Waals surface area contributed by atoms with Gasteiger partial charge >= 0.3 is 0 Å². The molecular formula is C16H24Cl2FN3O3S. The summed E-state index contributed by atoms with van der Waals surface area (Å²) >= 11 is 5.68. The molecule has 148 valence electrons. The van der Waals surface area contributed by atoms with E-state index in [2.05, 4.69) is 10.6 Å². The molecule has 0 aliphatic carbocycles. The number of benzene rings is 1. The Morgan fingerprint density at radius 2 is 2.00 bits per heavy atom. The number of likely N-dealkylation sites (N-methyl/N-ethyl adjacent to an activating group) is 1. The van der Waals surface area contributed by atoms with E-state index in [1.807, 2.05) is 14.0 Å². The van der Waals surface area contributed by atoms with Crippen molar-refractivity contribution in [1.82, 2.24) is 14.9 Å². The summed E-state index contributed by atoms with van der Waals surface area (Å²) in [6.07, 6.45) is 0.905. The van der Waals surface area contributed by atoms with Crippen LogP contribution in [0.1, 0.15) is 19.8 Å². The molecule has 1 aromatic rings. The maximum absolute atomic E-state index is 13.2. The average Bonchev–Trinajstić information content (AvgIpc) is 2.61. The third-order valence-electron chi connectivity index (χ3n) is 4.43. The van der Waals surface area contributed by atoms with Crippen molar-refractivity contribution in [2.75, 3.05) is 26.7 Å². The smallest absolute Gasteiger partial charge is 0.243 e. The van der Waals surface area contributed by atoms with Crippen LogP contribution in [0.15, 0.2) is 23.1 Å². The Morgan fingerprint density at radius 3 is 2.54 bits per heavy atom. The molecule has 0 saturated carbocycles. The molecule has 2 N–H and O–H groups in total. The van der Waals surface area contributed by atoms with Crippen LogP contribution in [-0.4, -0.2) is 51.4 Å². The Hall–Kier alpha value is -0.930. The largest absolute Gasteiger partial charge is 0.354 e. The van der Waals surface area contributed by atoms with E-state index >= 15 is 0 Å². The number of nitrogens with zero attached hydrogens (tertiary/aromatic N) is 1. The Labute approximate surface area is 164 Å². The Kier molecular flexibility index (Phi) is 8.75. The number of sulfonamides is 1. The molecule has 26 heavy (non-hydrogen) atoms. The van der Waals surface area contributed by atoms with E-state index in [0.717, 1.165) is 12.1 Å². The molecular weight excluding hydrogens is 404 g/mol. The minimum absolute atomic E-state index is 0. The molecule has 0 spiro atoms. The molecule has 2 rings (SSSR count). The second kappa shape index (κ2) is 9.85. The normalized spacial score (nSPS) is 17.4. The standard InChI is InChI=1S/C16H23ClFN3O3S.ClH/c1-11(19-2)10-20-16(22)12-5-7-21(8-6-12)25(23,24)13-3-4-15(18)14(17)9-13;/h3-4,9,11-12,19H,5-8,10H2,1-2H3,(H,20,22);1H. The molecule has 1 unspecified atom stereocenters. The number of halogens is 3. The Bertz CT molecular complexity index is 725. The van der Waals surface area contributed by atoms with Gasteiger partial charge < -0.3 is 10.6 Å². The number of piperidine rings is 1. The topological polar surface area (TPSA) is 78.5 Å². The third-order valence-corrected chi connectivity index (χ3v) is 6.61. The lowest BCUT2D eigenvalue weighted by Crippen LogP contribution is -2.45. The molecule has 1 fully saturated rings. The highest BCUT2D eigenvalue weighted by Crippen LogP contribution is 2.26. The molecule has 6 nitrogen and oxygen atoms in total. The molecule has 0 radical (unpaired) electrons. The molecule has 1 atom stereocenters. The van der Waals surface area contributed by atoms with Crippen LogP contribution in [0.4, 0.5) is 4.39 Å². The van der Waals surface area contributed by atoms with E-state index in [-0.39, 0.29) is 53.3 Å². The fourth-order valence-electron chi connectivity index (χ4n) is 2.64. The van der Waals surface area contributed by atoms with Crippen LogP contribution in [0.3, 0.4) is 0 Å². The number of hydrogen-bond acceptors (Lipinski definition) is 4. The van der Waals surface area contributed by atoms with Crippen LogP contribution >= 0.6 is 24.0 Å². The molecule has 10 heteroatoms. The highest BCUT2D eigenvalue weighted by Gasteiger charge is 2.32. The Morgan fingerprint density at radius 1 is 1.38 bits per heavy atom. The first-order chi connectivity index (χ1) is 11.8. The first kappa shape index (κ1) is 23.1. The van der Waals surface area contributed by atoms with Gasteiger partial charge in [-0.05, 0) is 45.0 Å². The van der Waals surface area contributed by atoms with Crippen molar-refractivity contribution in [3.8, 4) is 0 Å². The maximum atomic E-state index is 13.2. The van der Waals surface area contributed by atoms with Gasteiger partial charge in [-0.3, -0.25) is 4.79 Å². The van der Waals surface area contributed by atoms with Crippen molar-refractivity contribution in [3.63, 3.8) is 0 Å². The lowest BCUT2D eigenvalue weighted by atomic mass is 9.97. The molecule has 1 aliphatic rings. The number of carbonyl (C=O) groups excluding carboxylic acids is 1. The molecule has 1 aliphatic heterocycles. The number of nitrogens with one attached hydrogen (secondary N) is 2. The first-order valence-electron chi connectivity index (χ1n) is 8.16. The summed E-state index contributed by atoms with van der Waals surface area (Å²) in [6, 6.07) is 3.53. The summed E-state index contributed by atoms with van der Waals surface area (Å²) in [6.45, 7) is 2.99. The van der Waals surface area contributed by atoms with Gasteiger partial charge in [0.15, 0.2) is 0 Å². The van der Waals surface area contributed by atoms with E-state index in [1.54, 1.807) is 0 Å². The van der Waals surface area contributed by atoms with Gasteiger partial charge in [-0.25, -0.2) is 12.8 Å². The van der Waals surface area contributed by atoms with Gasteiger partial charge in [0.1, 0.15) is 5.82 Å². The highest BCUT2D eigenvalue weighted by molar-refractivity contribution is 7.89. The SMILES string of the molecule is CNC(C)CNC(=O)C1CCN(S(=O)(=O)c2ccc(F)c(Cl)c2)CC1.Cl. The Balaban J connectivity index is 0.00000338. The van der Waals surface area contributed by atoms with Crippen molar-refractivity contribution in [3.05, 3.63) is 29.0 Å². The van der Waals surface area contributed by atoms with Gasteiger partial charge in [-0.1, -0.05) is 11.6 Å². The van der Waals surface area contributed by atoms with E-state index in [1.165, 1.54) is 10.4 Å². The van der Waals surface area contributed by atoms with E-state index < -0.39 is 15.8 Å². The zero-order valence-corrected chi connectivity index (χ0v) is 17.1. The molecule has 1 heterocycles. The van der Waals surface area contributed by atoms with Crippen LogP contribution < -0.4 is 10.6 Å². The summed E-state index contributed by atoms with van der Waals surface area (Å²) in [7, 11) is -1.92. The van der Waals surface area contributed by atoms with E-state index in [9.17, 15) is 17.6 Å². The van der Waals surface area contributed by atoms with Gasteiger partial charge in [0.2, 0.25) is 15.9 Å². The summed E-state index contributed by atoms with van der Waals surface area (Å²) in [5.41, 5.74) is 0. The maximum Gasteiger partial charge on any atom is 0.243 e. The number of hydrogen-bond donors (Lipinski definition) is 2. The minimum Gasteiger partial charge on any atom is -0.354 e. The second-order valence-electron chi connectivity index (χ2n) is 6.19. The van der Waals surface area contributed by atoms with Crippen molar-refractivity contribution in [1.29, 1.82) is 0 Å². The number of amides is 1. The van der Waals surface area contributed by atoms with E-state index in [0.29, 0.717) is 19.4 Å². The summed E-state index contributed by atoms with van der Waals surface area (Å²) < 4.78 is 39.8. The number of rotatable bonds is 6. The van der Waals surface area contributed by atoms with Gasteiger partial charge in [0.25, 0.3) is 0 Å². The van der Waals surface area contributed by atoms with Crippen LogP contribution in [0, 0.1) is 11.7 Å². The number of carbonyl (C=O) groups is 1. The zero-order valence-electron chi connectivity index (χ0n) is 14.7. The quantitative estimate of drug-likeness (QED) is 0.727. The van der Waals surface area contributed by atoms with Gasteiger partial charge in [0, 0.05) is 31.6 Å². The minimum atomic E-state index is -3.74. The second-order valence-corrected chi connectivity index (χ2v) is 8.53. The van der Waals surface area contributed by atoms with Crippen LogP contribution in [0.2, 0.25) is 5.02 Å². The first-order valence-corrected chi connectivity index (χ1v) is 9.97. The van der Waals surface area contributed by atoms with Crippen molar-refractivity contribution in [2.24, 2.45) is 5.92 Å². The van der Waals surface area contributed by atoms with E-state index in [4.69, 9.17) is 11.6 Å². The van der Waals surface area contributed by atoms with Crippen molar-refractivity contribution >= 4 is 39.9 Å². The lowest BCUT2D eigenvalue weighted by Gasteiger charge is -2.30. The highest BCUT2D eigenvalue weighted by atomic mass is 35.5. The summed E-state index contributed by atoms with van der Waals surface area (Å²) in [4.78, 5) is 12.1. The zero-order chi connectivity index (χ0) is 18.6. The predicted molar refractivity (Wildman–Crippen MR) is 102 cm³/mol. The molecule has 0 aromatic heterocycles. The van der Waals surface area contributed by atoms with Crippen LogP contribution in [0.5, 0.6) is 0 Å². The van der Waals surface area contributed by atoms with Crippen LogP contribution in [-0.2, 0) is 14.8 Å². The van der Waals surface area contributed by atoms with Crippen molar-refractivity contribution < 1.29 is 17.6 Å². The third kappa shape index (κ3) is 5.53. The van der Waals surface area contributed by atoms with Gasteiger partial charge in [-0.2, -0.15) is 4.31 Å². The molecule has 1 aromatic carbocycles. The molecule has 0 bridgehead atoms. The van der Waals surface area contributed by atoms with Gasteiger partial charge in [0.05, 0.1) is 9.92 Å². The lowest BCUT2D eigenvalue weighted by molar-refractivity contribution is -0.126. The monoisotopic (exact) mass is 427 g/mol. The summed E-state index contributed by atoms with van der Waals surface area (Å²) in [5.74, 6) is -0.914. The summed E-state index contributed by atoms with van der Waals surface area (Å²) in [5, 5.41) is 5.68. The average molecular weight is 428 g/mol. The van der Waals surface area contributed by atoms with Crippen molar-refractivity contribution in [2.45, 2.75) is 30.7 Å².